The minimum absolute atomic E-state index is 0.403. The van der Waals surface area contributed by atoms with E-state index >= 15 is 0 Å². The SMILES string of the molecule is CCc1cccc(CC)c1Nc1ncccc1C(N)=O. The van der Waals surface area contributed by atoms with Crippen molar-refractivity contribution in [3.05, 3.63) is 53.2 Å². The van der Waals surface area contributed by atoms with E-state index in [4.69, 9.17) is 5.73 Å². The van der Waals surface area contributed by atoms with Crippen molar-refractivity contribution < 1.29 is 4.79 Å². The van der Waals surface area contributed by atoms with Crippen molar-refractivity contribution in [3.8, 4) is 0 Å². The topological polar surface area (TPSA) is 68.0 Å². The summed E-state index contributed by atoms with van der Waals surface area (Å²) in [6, 6.07) is 9.59. The molecule has 0 spiro atoms. The van der Waals surface area contributed by atoms with Gasteiger partial charge in [-0.1, -0.05) is 32.0 Å². The number of para-hydroxylation sites is 1. The van der Waals surface area contributed by atoms with Crippen LogP contribution in [0.5, 0.6) is 0 Å². The van der Waals surface area contributed by atoms with Gasteiger partial charge in [0.2, 0.25) is 0 Å². The summed E-state index contributed by atoms with van der Waals surface area (Å²) in [5.41, 5.74) is 9.22. The van der Waals surface area contributed by atoms with Crippen molar-refractivity contribution in [1.82, 2.24) is 4.98 Å². The summed E-state index contributed by atoms with van der Waals surface area (Å²) in [7, 11) is 0. The third-order valence-electron chi connectivity index (χ3n) is 3.32. The molecule has 1 amide bonds. The molecule has 0 bridgehead atoms. The van der Waals surface area contributed by atoms with Crippen LogP contribution in [0.3, 0.4) is 0 Å². The number of nitrogens with two attached hydrogens (primary N) is 1. The molecule has 0 unspecified atom stereocenters. The first-order valence-corrected chi connectivity index (χ1v) is 6.80. The first-order valence-electron chi connectivity index (χ1n) is 6.80. The average molecular weight is 269 g/mol. The van der Waals surface area contributed by atoms with Crippen LogP contribution in [0.1, 0.15) is 35.3 Å². The molecule has 0 aliphatic heterocycles. The van der Waals surface area contributed by atoms with E-state index in [0.29, 0.717) is 11.4 Å². The van der Waals surface area contributed by atoms with Gasteiger partial charge in [0.25, 0.3) is 5.91 Å². The van der Waals surface area contributed by atoms with Crippen LogP contribution in [0.25, 0.3) is 0 Å². The smallest absolute Gasteiger partial charge is 0.252 e. The number of rotatable bonds is 5. The second-order valence-corrected chi connectivity index (χ2v) is 4.55. The normalized spacial score (nSPS) is 10.3. The van der Waals surface area contributed by atoms with E-state index < -0.39 is 5.91 Å². The van der Waals surface area contributed by atoms with Gasteiger partial charge in [0.1, 0.15) is 5.82 Å². The van der Waals surface area contributed by atoms with E-state index in [2.05, 4.69) is 42.3 Å². The van der Waals surface area contributed by atoms with Gasteiger partial charge in [-0.05, 0) is 36.1 Å². The highest BCUT2D eigenvalue weighted by Crippen LogP contribution is 2.27. The third kappa shape index (κ3) is 2.79. The second kappa shape index (κ2) is 6.19. The molecule has 104 valence electrons. The Morgan fingerprint density at radius 1 is 1.15 bits per heavy atom. The summed E-state index contributed by atoms with van der Waals surface area (Å²) >= 11 is 0. The van der Waals surface area contributed by atoms with Crippen LogP contribution >= 0.6 is 0 Å². The Kier molecular flexibility index (Phi) is 4.35. The quantitative estimate of drug-likeness (QED) is 0.876. The Balaban J connectivity index is 2.47. The molecule has 1 heterocycles. The number of nitrogens with zero attached hydrogens (tertiary/aromatic N) is 1. The molecule has 4 nitrogen and oxygen atoms in total. The third-order valence-corrected chi connectivity index (χ3v) is 3.32. The van der Waals surface area contributed by atoms with E-state index in [9.17, 15) is 4.79 Å². The van der Waals surface area contributed by atoms with E-state index in [1.54, 1.807) is 18.3 Å². The largest absolute Gasteiger partial charge is 0.365 e. The molecule has 0 saturated heterocycles. The molecule has 0 fully saturated rings. The molecule has 0 radical (unpaired) electrons. The van der Waals surface area contributed by atoms with Gasteiger partial charge in [-0.25, -0.2) is 4.98 Å². The number of pyridine rings is 1. The summed E-state index contributed by atoms with van der Waals surface area (Å²) in [4.78, 5) is 15.7. The Hall–Kier alpha value is -2.36. The Labute approximate surface area is 119 Å². The highest BCUT2D eigenvalue weighted by molar-refractivity contribution is 5.98. The second-order valence-electron chi connectivity index (χ2n) is 4.55. The van der Waals surface area contributed by atoms with E-state index in [-0.39, 0.29) is 0 Å². The molecule has 3 N–H and O–H groups in total. The van der Waals surface area contributed by atoms with Crippen LogP contribution in [-0.4, -0.2) is 10.9 Å². The number of aryl methyl sites for hydroxylation is 2. The maximum Gasteiger partial charge on any atom is 0.252 e. The maximum atomic E-state index is 11.5. The molecule has 0 aliphatic rings. The number of benzene rings is 1. The lowest BCUT2D eigenvalue weighted by Crippen LogP contribution is -2.14. The minimum Gasteiger partial charge on any atom is -0.365 e. The summed E-state index contributed by atoms with van der Waals surface area (Å²) in [6.45, 7) is 4.21. The Bertz CT molecular complexity index is 601. The molecule has 4 heteroatoms. The number of anilines is 2. The summed E-state index contributed by atoms with van der Waals surface area (Å²) in [6.07, 6.45) is 3.47. The number of aromatic nitrogens is 1. The fourth-order valence-electron chi connectivity index (χ4n) is 2.23. The molecule has 0 atom stereocenters. The van der Waals surface area contributed by atoms with Crippen LogP contribution in [0, 0.1) is 0 Å². The zero-order chi connectivity index (χ0) is 14.5. The highest BCUT2D eigenvalue weighted by Gasteiger charge is 2.12. The first-order chi connectivity index (χ1) is 9.67. The monoisotopic (exact) mass is 269 g/mol. The zero-order valence-corrected chi connectivity index (χ0v) is 11.8. The van der Waals surface area contributed by atoms with Gasteiger partial charge in [-0.3, -0.25) is 4.79 Å². The van der Waals surface area contributed by atoms with Crippen molar-refractivity contribution in [2.24, 2.45) is 5.73 Å². The molecular weight excluding hydrogens is 250 g/mol. The highest BCUT2D eigenvalue weighted by atomic mass is 16.1. The molecule has 20 heavy (non-hydrogen) atoms. The van der Waals surface area contributed by atoms with Crippen molar-refractivity contribution in [2.75, 3.05) is 5.32 Å². The van der Waals surface area contributed by atoms with Crippen molar-refractivity contribution in [3.63, 3.8) is 0 Å². The summed E-state index contributed by atoms with van der Waals surface area (Å²) in [5, 5.41) is 3.28. The van der Waals surface area contributed by atoms with Crippen molar-refractivity contribution in [2.45, 2.75) is 26.7 Å². The molecule has 2 aromatic rings. The van der Waals surface area contributed by atoms with Crippen LogP contribution in [0.4, 0.5) is 11.5 Å². The molecule has 0 saturated carbocycles. The van der Waals surface area contributed by atoms with Crippen LogP contribution in [-0.2, 0) is 12.8 Å². The predicted octanol–water partition coefficient (Wildman–Crippen LogP) is 3.05. The standard InChI is InChI=1S/C16H19N3O/c1-3-11-7-5-8-12(4-2)14(11)19-16-13(15(17)20)9-6-10-18-16/h5-10H,3-4H2,1-2H3,(H2,17,20)(H,18,19). The molecule has 1 aromatic heterocycles. The van der Waals surface area contributed by atoms with E-state index in [1.165, 1.54) is 11.1 Å². The van der Waals surface area contributed by atoms with Gasteiger partial charge in [-0.2, -0.15) is 0 Å². The minimum atomic E-state index is -0.479. The van der Waals surface area contributed by atoms with Crippen molar-refractivity contribution in [1.29, 1.82) is 0 Å². The lowest BCUT2D eigenvalue weighted by Gasteiger charge is -2.16. The Morgan fingerprint density at radius 2 is 1.80 bits per heavy atom. The number of nitrogens with one attached hydrogen (secondary N) is 1. The predicted molar refractivity (Wildman–Crippen MR) is 81.2 cm³/mol. The van der Waals surface area contributed by atoms with Gasteiger partial charge in [0.15, 0.2) is 0 Å². The number of amides is 1. The van der Waals surface area contributed by atoms with Gasteiger partial charge in [0, 0.05) is 11.9 Å². The zero-order valence-electron chi connectivity index (χ0n) is 11.8. The van der Waals surface area contributed by atoms with Gasteiger partial charge in [0.05, 0.1) is 5.56 Å². The average Bonchev–Trinajstić information content (AvgIpc) is 2.47. The van der Waals surface area contributed by atoms with E-state index in [1.807, 2.05) is 0 Å². The van der Waals surface area contributed by atoms with Gasteiger partial charge < -0.3 is 11.1 Å². The summed E-state index contributed by atoms with van der Waals surface area (Å²) < 4.78 is 0. The van der Waals surface area contributed by atoms with Crippen molar-refractivity contribution >= 4 is 17.4 Å². The van der Waals surface area contributed by atoms with Crippen LogP contribution < -0.4 is 11.1 Å². The number of hydrogen-bond donors (Lipinski definition) is 2. The van der Waals surface area contributed by atoms with Gasteiger partial charge >= 0.3 is 0 Å². The number of carbonyl (C=O) groups excluding carboxylic acids is 1. The van der Waals surface area contributed by atoms with Gasteiger partial charge in [-0.15, -0.1) is 0 Å². The lowest BCUT2D eigenvalue weighted by molar-refractivity contribution is 0.100. The fraction of sp³-hybridized carbons (Fsp3) is 0.250. The molecule has 2 rings (SSSR count). The first kappa shape index (κ1) is 14.1. The lowest BCUT2D eigenvalue weighted by atomic mass is 10.0. The van der Waals surface area contributed by atoms with Crippen LogP contribution in [0.2, 0.25) is 0 Å². The maximum absolute atomic E-state index is 11.5. The van der Waals surface area contributed by atoms with Crippen LogP contribution in [0.15, 0.2) is 36.5 Å². The molecule has 1 aromatic carbocycles. The molecular formula is C16H19N3O. The van der Waals surface area contributed by atoms with E-state index in [0.717, 1.165) is 18.5 Å². The Morgan fingerprint density at radius 3 is 2.35 bits per heavy atom. The molecule has 0 aliphatic carbocycles. The fourth-order valence-corrected chi connectivity index (χ4v) is 2.23. The number of carbonyl (C=O) groups is 1. The summed E-state index contributed by atoms with van der Waals surface area (Å²) in [5.74, 6) is 0.0308. The number of hydrogen-bond acceptors (Lipinski definition) is 3. The number of primary amides is 1.